The average Bonchev–Trinajstić information content (AvgIpc) is 3.34. The zero-order valence-corrected chi connectivity index (χ0v) is 18.9. The average molecular weight is 476 g/mol. The molecule has 4 rings (SSSR count). The number of nitrogens with two attached hydrogens (primary N) is 1. The smallest absolute Gasteiger partial charge is 0.410 e. The summed E-state index contributed by atoms with van der Waals surface area (Å²) in [5.41, 5.74) is 9.16. The van der Waals surface area contributed by atoms with Crippen molar-refractivity contribution in [2.24, 2.45) is 5.92 Å². The van der Waals surface area contributed by atoms with Crippen LogP contribution in [0.5, 0.6) is 0 Å². The second-order valence-electron chi connectivity index (χ2n) is 8.68. The highest BCUT2D eigenvalue weighted by Crippen LogP contribution is 2.32. The number of H-pyrrole nitrogens is 1. The van der Waals surface area contributed by atoms with Crippen LogP contribution in [0, 0.1) is 5.92 Å². The Morgan fingerprint density at radius 3 is 2.90 bits per heavy atom. The molecule has 1 amide bonds. The quantitative estimate of drug-likeness (QED) is 0.597. The summed E-state index contributed by atoms with van der Waals surface area (Å²) < 4.78 is 7.92. The van der Waals surface area contributed by atoms with Gasteiger partial charge in [0, 0.05) is 30.4 Å². The van der Waals surface area contributed by atoms with Crippen molar-refractivity contribution in [1.82, 2.24) is 29.7 Å². The minimum atomic E-state index is -0.500. The number of anilines is 1. The van der Waals surface area contributed by atoms with Gasteiger partial charge in [-0.1, -0.05) is 0 Å². The number of hydrogen-bond donors (Lipinski definition) is 2. The summed E-state index contributed by atoms with van der Waals surface area (Å²) in [7, 11) is 0. The van der Waals surface area contributed by atoms with E-state index in [9.17, 15) is 4.79 Å². The van der Waals surface area contributed by atoms with E-state index in [2.05, 4.69) is 31.2 Å². The lowest BCUT2D eigenvalue weighted by Crippen LogP contribution is -2.43. The maximum Gasteiger partial charge on any atom is 0.410 e. The number of piperidine rings is 1. The normalized spacial score (nSPS) is 17.5. The number of nitrogen functional groups attached to an aromatic ring is 1. The molecule has 0 aromatic carbocycles. The van der Waals surface area contributed by atoms with Crippen molar-refractivity contribution in [2.75, 3.05) is 18.8 Å². The highest BCUT2D eigenvalue weighted by Gasteiger charge is 2.29. The Morgan fingerprint density at radius 1 is 1.40 bits per heavy atom. The molecule has 160 valence electrons. The third-order valence-electron chi connectivity index (χ3n) is 5.15. The molecule has 10 heteroatoms. The highest BCUT2D eigenvalue weighted by atomic mass is 79.9. The second-order valence-corrected chi connectivity index (χ2v) is 9.47. The topological polar surface area (TPSA) is 114 Å². The monoisotopic (exact) mass is 475 g/mol. The van der Waals surface area contributed by atoms with Gasteiger partial charge in [-0.25, -0.2) is 9.78 Å². The van der Waals surface area contributed by atoms with Crippen LogP contribution in [0.3, 0.4) is 0 Å². The number of nitrogens with zero attached hydrogens (tertiary/aromatic N) is 5. The zero-order chi connectivity index (χ0) is 21.5. The third kappa shape index (κ3) is 4.14. The van der Waals surface area contributed by atoms with Crippen LogP contribution in [0.4, 0.5) is 10.6 Å². The molecule has 1 atom stereocenters. The van der Waals surface area contributed by atoms with Crippen molar-refractivity contribution < 1.29 is 9.53 Å². The number of carbonyl (C=O) groups is 1. The summed E-state index contributed by atoms with van der Waals surface area (Å²) in [4.78, 5) is 19.2. The van der Waals surface area contributed by atoms with Gasteiger partial charge in [0.05, 0.1) is 22.6 Å². The number of aromatic amines is 1. The first-order valence-corrected chi connectivity index (χ1v) is 10.8. The van der Waals surface area contributed by atoms with Crippen molar-refractivity contribution in [3.05, 3.63) is 28.8 Å². The first-order chi connectivity index (χ1) is 14.2. The lowest BCUT2D eigenvalue weighted by molar-refractivity contribution is 0.0165. The summed E-state index contributed by atoms with van der Waals surface area (Å²) >= 11 is 3.60. The van der Waals surface area contributed by atoms with Crippen LogP contribution < -0.4 is 5.73 Å². The Bertz CT molecular complexity index is 1060. The fourth-order valence-corrected chi connectivity index (χ4v) is 4.20. The molecule has 1 fully saturated rings. The molecule has 3 aromatic heterocycles. The molecule has 3 aromatic rings. The Balaban J connectivity index is 1.58. The van der Waals surface area contributed by atoms with Crippen molar-refractivity contribution in [3.8, 4) is 11.1 Å². The van der Waals surface area contributed by atoms with Gasteiger partial charge in [-0.05, 0) is 61.9 Å². The molecule has 1 aliphatic rings. The molecule has 1 unspecified atom stereocenters. The van der Waals surface area contributed by atoms with Crippen molar-refractivity contribution in [2.45, 2.75) is 45.6 Å². The molecule has 9 nitrogen and oxygen atoms in total. The van der Waals surface area contributed by atoms with Crippen LogP contribution >= 0.6 is 15.9 Å². The van der Waals surface area contributed by atoms with E-state index < -0.39 is 5.60 Å². The van der Waals surface area contributed by atoms with Gasteiger partial charge in [-0.2, -0.15) is 14.7 Å². The molecule has 0 bridgehead atoms. The van der Waals surface area contributed by atoms with Gasteiger partial charge in [0.15, 0.2) is 5.65 Å². The van der Waals surface area contributed by atoms with Crippen LogP contribution in [0.2, 0.25) is 0 Å². The van der Waals surface area contributed by atoms with Crippen molar-refractivity contribution in [1.29, 1.82) is 0 Å². The van der Waals surface area contributed by atoms with E-state index in [1.165, 1.54) is 0 Å². The summed E-state index contributed by atoms with van der Waals surface area (Å²) in [6, 6.07) is 0. The molecule has 0 radical (unpaired) electrons. The number of likely N-dealkylation sites (tertiary alicyclic amines) is 1. The number of amides is 1. The van der Waals surface area contributed by atoms with E-state index in [1.807, 2.05) is 20.8 Å². The Hall–Kier alpha value is -2.62. The largest absolute Gasteiger partial charge is 0.444 e. The number of aromatic nitrogens is 5. The van der Waals surface area contributed by atoms with Gasteiger partial charge in [0.1, 0.15) is 11.4 Å². The number of fused-ring (bicyclic) bond motifs is 1. The van der Waals surface area contributed by atoms with Crippen LogP contribution in [-0.2, 0) is 11.2 Å². The summed E-state index contributed by atoms with van der Waals surface area (Å²) in [6.45, 7) is 7.01. The van der Waals surface area contributed by atoms with Gasteiger partial charge >= 0.3 is 6.09 Å². The SMILES string of the molecule is CC(C)(C)OC(=O)N1CCCC(Cc2nc3c(-c4cn[nH]c4)cnn3c(N)c2Br)C1. The molecule has 4 heterocycles. The van der Waals surface area contributed by atoms with Gasteiger partial charge in [-0.15, -0.1) is 0 Å². The van der Waals surface area contributed by atoms with Crippen LogP contribution in [0.25, 0.3) is 16.8 Å². The predicted octanol–water partition coefficient (Wildman–Crippen LogP) is 3.65. The predicted molar refractivity (Wildman–Crippen MR) is 117 cm³/mol. The Kier molecular flexibility index (Phi) is 5.44. The second kappa shape index (κ2) is 7.90. The summed E-state index contributed by atoms with van der Waals surface area (Å²) in [5.74, 6) is 0.779. The number of rotatable bonds is 3. The van der Waals surface area contributed by atoms with E-state index in [0.29, 0.717) is 31.0 Å². The van der Waals surface area contributed by atoms with Gasteiger partial charge in [0.2, 0.25) is 0 Å². The fourth-order valence-electron chi connectivity index (χ4n) is 3.78. The lowest BCUT2D eigenvalue weighted by atomic mass is 9.93. The number of halogens is 1. The molecule has 1 saturated heterocycles. The van der Waals surface area contributed by atoms with Gasteiger partial charge in [0.25, 0.3) is 0 Å². The van der Waals surface area contributed by atoms with Crippen LogP contribution in [0.1, 0.15) is 39.3 Å². The minimum Gasteiger partial charge on any atom is -0.444 e. The summed E-state index contributed by atoms with van der Waals surface area (Å²) in [5, 5.41) is 11.2. The lowest BCUT2D eigenvalue weighted by Gasteiger charge is -2.34. The number of nitrogens with one attached hydrogen (secondary N) is 1. The first-order valence-electron chi connectivity index (χ1n) is 10.0. The third-order valence-corrected chi connectivity index (χ3v) is 6.02. The van der Waals surface area contributed by atoms with E-state index in [0.717, 1.165) is 34.1 Å². The first kappa shape index (κ1) is 20.6. The fraction of sp³-hybridized carbons (Fsp3) is 0.500. The van der Waals surface area contributed by atoms with Crippen LogP contribution in [-0.4, -0.2) is 54.5 Å². The maximum absolute atomic E-state index is 12.5. The molecule has 0 aliphatic carbocycles. The highest BCUT2D eigenvalue weighted by molar-refractivity contribution is 9.10. The van der Waals surface area contributed by atoms with Gasteiger partial charge < -0.3 is 15.4 Å². The van der Waals surface area contributed by atoms with Gasteiger partial charge in [-0.3, -0.25) is 5.10 Å². The van der Waals surface area contributed by atoms with Crippen molar-refractivity contribution >= 4 is 33.5 Å². The molecule has 0 saturated carbocycles. The van der Waals surface area contributed by atoms with Crippen LogP contribution in [0.15, 0.2) is 23.1 Å². The number of carbonyl (C=O) groups excluding carboxylic acids is 1. The molecule has 1 aliphatic heterocycles. The van der Waals surface area contributed by atoms with E-state index in [-0.39, 0.29) is 12.0 Å². The molecule has 0 spiro atoms. The van der Waals surface area contributed by atoms with E-state index >= 15 is 0 Å². The standard InChI is InChI=1S/C20H26BrN7O2/c1-20(2,3)30-19(29)27-6-4-5-12(11-27)7-15-16(21)17(22)28-18(26-15)14(10-25-28)13-8-23-24-9-13/h8-10,12H,4-7,11,22H2,1-3H3,(H,23,24). The molecular weight excluding hydrogens is 450 g/mol. The molecule has 3 N–H and O–H groups in total. The Labute approximate surface area is 183 Å². The number of ether oxygens (including phenoxy) is 1. The van der Waals surface area contributed by atoms with Crippen molar-refractivity contribution in [3.63, 3.8) is 0 Å². The Morgan fingerprint density at radius 2 is 2.20 bits per heavy atom. The van der Waals surface area contributed by atoms with E-state index in [1.54, 1.807) is 28.0 Å². The summed E-state index contributed by atoms with van der Waals surface area (Å²) in [6.07, 6.45) is 7.68. The number of hydrogen-bond acceptors (Lipinski definition) is 6. The zero-order valence-electron chi connectivity index (χ0n) is 17.4. The van der Waals surface area contributed by atoms with E-state index in [4.69, 9.17) is 15.5 Å². The minimum absolute atomic E-state index is 0.257. The molecular formula is C20H26BrN7O2. The molecule has 30 heavy (non-hydrogen) atoms. The maximum atomic E-state index is 12.5.